The van der Waals surface area contributed by atoms with Gasteiger partial charge in [-0.2, -0.15) is 0 Å². The van der Waals surface area contributed by atoms with Crippen LogP contribution in [-0.2, 0) is 0 Å². The smallest absolute Gasteiger partial charge is 0.142 e. The normalized spacial score (nSPS) is 17.1. The van der Waals surface area contributed by atoms with Crippen molar-refractivity contribution in [2.75, 3.05) is 11.9 Å². The highest BCUT2D eigenvalue weighted by atomic mass is 79.9. The predicted molar refractivity (Wildman–Crippen MR) is 86.7 cm³/mol. The molecule has 3 heteroatoms. The zero-order valence-corrected chi connectivity index (χ0v) is 13.5. The molecule has 0 aliphatic carbocycles. The molecule has 1 unspecified atom stereocenters. The molecule has 2 nitrogen and oxygen atoms in total. The number of hydrogen-bond acceptors (Lipinski definition) is 2. The highest BCUT2D eigenvalue weighted by molar-refractivity contribution is 9.10. The molecule has 0 saturated carbocycles. The van der Waals surface area contributed by atoms with Crippen LogP contribution in [-0.4, -0.2) is 6.61 Å². The summed E-state index contributed by atoms with van der Waals surface area (Å²) in [6, 6.07) is 10.7. The highest BCUT2D eigenvalue weighted by Gasteiger charge is 2.23. The minimum atomic E-state index is 0.206. The number of fused-ring (bicyclic) bond motifs is 1. The summed E-state index contributed by atoms with van der Waals surface area (Å²) in [6.07, 6.45) is 0. The maximum atomic E-state index is 5.90. The quantitative estimate of drug-likeness (QED) is 0.800. The molecule has 1 aliphatic rings. The lowest BCUT2D eigenvalue weighted by Crippen LogP contribution is -2.25. The Hall–Kier alpha value is -1.48. The lowest BCUT2D eigenvalue weighted by Gasteiger charge is -2.30. The van der Waals surface area contributed by atoms with Crippen LogP contribution in [0.25, 0.3) is 0 Å². The van der Waals surface area contributed by atoms with Crippen LogP contribution >= 0.6 is 15.9 Å². The lowest BCUT2D eigenvalue weighted by molar-refractivity contribution is 0.285. The van der Waals surface area contributed by atoms with Gasteiger partial charge in [0, 0.05) is 4.47 Å². The summed E-state index contributed by atoms with van der Waals surface area (Å²) in [4.78, 5) is 0. The standard InChI is InChI=1S/C17H18BrNO/c1-10-6-11(2)17(12(3)7-10)15-9-20-16-5-4-13(18)8-14(16)19-15/h4-8,15,19H,9H2,1-3H3. The van der Waals surface area contributed by atoms with Crippen LogP contribution in [0.3, 0.4) is 0 Å². The maximum absolute atomic E-state index is 5.90. The fourth-order valence-corrected chi connectivity index (χ4v) is 3.40. The zero-order chi connectivity index (χ0) is 14.3. The number of rotatable bonds is 1. The number of anilines is 1. The molecular weight excluding hydrogens is 314 g/mol. The van der Waals surface area contributed by atoms with Crippen molar-refractivity contribution in [2.45, 2.75) is 26.8 Å². The second-order valence-corrected chi connectivity index (χ2v) is 6.38. The molecule has 0 fully saturated rings. The highest BCUT2D eigenvalue weighted by Crippen LogP contribution is 2.37. The van der Waals surface area contributed by atoms with Gasteiger partial charge in [-0.15, -0.1) is 0 Å². The SMILES string of the molecule is Cc1cc(C)c(C2COc3ccc(Br)cc3N2)c(C)c1. The van der Waals surface area contributed by atoms with Crippen LogP contribution in [0.5, 0.6) is 5.75 Å². The molecule has 1 heterocycles. The molecule has 1 aliphatic heterocycles. The van der Waals surface area contributed by atoms with E-state index in [1.165, 1.54) is 22.3 Å². The summed E-state index contributed by atoms with van der Waals surface area (Å²) in [5.74, 6) is 0.923. The van der Waals surface area contributed by atoms with Gasteiger partial charge >= 0.3 is 0 Å². The van der Waals surface area contributed by atoms with Crippen molar-refractivity contribution in [1.82, 2.24) is 0 Å². The van der Waals surface area contributed by atoms with Gasteiger partial charge in [-0.1, -0.05) is 33.6 Å². The van der Waals surface area contributed by atoms with Crippen molar-refractivity contribution in [1.29, 1.82) is 0 Å². The largest absolute Gasteiger partial charge is 0.489 e. The molecule has 1 atom stereocenters. The molecule has 0 bridgehead atoms. The predicted octanol–water partition coefficient (Wildman–Crippen LogP) is 4.92. The first kappa shape index (κ1) is 13.5. The Morgan fingerprint density at radius 3 is 2.50 bits per heavy atom. The minimum absolute atomic E-state index is 0.206. The Labute approximate surface area is 128 Å². The van der Waals surface area contributed by atoms with Crippen LogP contribution in [0.2, 0.25) is 0 Å². The molecule has 1 N–H and O–H groups in total. The summed E-state index contributed by atoms with van der Waals surface area (Å²) < 4.78 is 6.96. The Morgan fingerprint density at radius 2 is 1.80 bits per heavy atom. The zero-order valence-electron chi connectivity index (χ0n) is 12.0. The van der Waals surface area contributed by atoms with Crippen LogP contribution in [0, 0.1) is 20.8 Å². The first-order valence-electron chi connectivity index (χ1n) is 6.81. The Bertz CT molecular complexity index is 643. The van der Waals surface area contributed by atoms with Crippen LogP contribution in [0.15, 0.2) is 34.8 Å². The van der Waals surface area contributed by atoms with Gasteiger partial charge in [0.1, 0.15) is 12.4 Å². The molecule has 0 aromatic heterocycles. The third-order valence-corrected chi connectivity index (χ3v) is 4.26. The molecule has 2 aromatic carbocycles. The molecule has 3 rings (SSSR count). The van der Waals surface area contributed by atoms with Crippen molar-refractivity contribution in [3.63, 3.8) is 0 Å². The number of benzene rings is 2. The maximum Gasteiger partial charge on any atom is 0.142 e. The van der Waals surface area contributed by atoms with Gasteiger partial charge in [-0.25, -0.2) is 0 Å². The van der Waals surface area contributed by atoms with Gasteiger partial charge in [-0.3, -0.25) is 0 Å². The molecule has 0 saturated heterocycles. The van der Waals surface area contributed by atoms with Gasteiger partial charge < -0.3 is 10.1 Å². The minimum Gasteiger partial charge on any atom is -0.489 e. The van der Waals surface area contributed by atoms with E-state index in [0.29, 0.717) is 6.61 Å². The van der Waals surface area contributed by atoms with E-state index in [2.05, 4.69) is 60.2 Å². The van der Waals surface area contributed by atoms with E-state index < -0.39 is 0 Å². The van der Waals surface area contributed by atoms with Gasteiger partial charge in [0.05, 0.1) is 11.7 Å². The third-order valence-electron chi connectivity index (χ3n) is 3.76. The molecule has 0 radical (unpaired) electrons. The van der Waals surface area contributed by atoms with E-state index in [9.17, 15) is 0 Å². The first-order valence-corrected chi connectivity index (χ1v) is 7.60. The fourth-order valence-electron chi connectivity index (χ4n) is 3.04. The van der Waals surface area contributed by atoms with Crippen molar-refractivity contribution in [3.05, 3.63) is 57.1 Å². The summed E-state index contributed by atoms with van der Waals surface area (Å²) >= 11 is 3.51. The topological polar surface area (TPSA) is 21.3 Å². The fraction of sp³-hybridized carbons (Fsp3) is 0.294. The van der Waals surface area contributed by atoms with Crippen molar-refractivity contribution < 1.29 is 4.74 Å². The molecule has 104 valence electrons. The Kier molecular flexibility index (Phi) is 3.47. The van der Waals surface area contributed by atoms with E-state index in [1.54, 1.807) is 0 Å². The van der Waals surface area contributed by atoms with E-state index in [-0.39, 0.29) is 6.04 Å². The van der Waals surface area contributed by atoms with Gasteiger partial charge in [-0.05, 0) is 55.7 Å². The molecular formula is C17H18BrNO. The van der Waals surface area contributed by atoms with Crippen LogP contribution in [0.1, 0.15) is 28.3 Å². The molecule has 20 heavy (non-hydrogen) atoms. The number of nitrogens with one attached hydrogen (secondary N) is 1. The number of ether oxygens (including phenoxy) is 1. The second kappa shape index (κ2) is 5.13. The van der Waals surface area contributed by atoms with Crippen molar-refractivity contribution in [3.8, 4) is 5.75 Å². The van der Waals surface area contributed by atoms with Crippen LogP contribution < -0.4 is 10.1 Å². The summed E-state index contributed by atoms with van der Waals surface area (Å²) in [5, 5.41) is 3.60. The van der Waals surface area contributed by atoms with Crippen LogP contribution in [0.4, 0.5) is 5.69 Å². The average Bonchev–Trinajstić information content (AvgIpc) is 2.37. The number of halogens is 1. The van der Waals surface area contributed by atoms with Crippen molar-refractivity contribution >= 4 is 21.6 Å². The average molecular weight is 332 g/mol. The Balaban J connectivity index is 1.98. The summed E-state index contributed by atoms with van der Waals surface area (Å²) in [6.45, 7) is 7.15. The van der Waals surface area contributed by atoms with Gasteiger partial charge in [0.2, 0.25) is 0 Å². The lowest BCUT2D eigenvalue weighted by atomic mass is 9.93. The first-order chi connectivity index (χ1) is 9.54. The van der Waals surface area contributed by atoms with E-state index in [0.717, 1.165) is 15.9 Å². The third kappa shape index (κ3) is 2.42. The number of hydrogen-bond donors (Lipinski definition) is 1. The molecule has 0 spiro atoms. The second-order valence-electron chi connectivity index (χ2n) is 5.46. The van der Waals surface area contributed by atoms with Gasteiger partial charge in [0.25, 0.3) is 0 Å². The van der Waals surface area contributed by atoms with E-state index in [4.69, 9.17) is 4.74 Å². The van der Waals surface area contributed by atoms with E-state index >= 15 is 0 Å². The number of aryl methyl sites for hydroxylation is 3. The molecule has 0 amide bonds. The van der Waals surface area contributed by atoms with Crippen molar-refractivity contribution in [2.24, 2.45) is 0 Å². The molecule has 2 aromatic rings. The van der Waals surface area contributed by atoms with E-state index in [1.807, 2.05) is 12.1 Å². The summed E-state index contributed by atoms with van der Waals surface area (Å²) in [5.41, 5.74) is 6.35. The monoisotopic (exact) mass is 331 g/mol. The summed E-state index contributed by atoms with van der Waals surface area (Å²) in [7, 11) is 0. The Morgan fingerprint density at radius 1 is 1.10 bits per heavy atom. The van der Waals surface area contributed by atoms with Gasteiger partial charge in [0.15, 0.2) is 0 Å².